The Labute approximate surface area is 125 Å². The Kier molecular flexibility index (Phi) is 4.01. The lowest BCUT2D eigenvalue weighted by Gasteiger charge is -2.33. The highest BCUT2D eigenvalue weighted by Gasteiger charge is 2.24. The molecule has 110 valence electrons. The van der Waals surface area contributed by atoms with Crippen molar-refractivity contribution in [3.05, 3.63) is 45.1 Å². The van der Waals surface area contributed by atoms with Crippen molar-refractivity contribution in [3.8, 4) is 0 Å². The number of aromatic nitrogens is 2. The van der Waals surface area contributed by atoms with E-state index in [0.29, 0.717) is 17.2 Å². The largest absolute Gasteiger partial charge is 0.350 e. The zero-order chi connectivity index (χ0) is 14.7. The van der Waals surface area contributed by atoms with Crippen molar-refractivity contribution in [3.63, 3.8) is 0 Å². The molecule has 1 aliphatic rings. The number of hydrogen-bond acceptors (Lipinski definition) is 5. The lowest BCUT2D eigenvalue weighted by molar-refractivity contribution is 0.0937. The van der Waals surface area contributed by atoms with E-state index in [-0.39, 0.29) is 17.5 Å². The summed E-state index contributed by atoms with van der Waals surface area (Å²) >= 11 is 1.43. The van der Waals surface area contributed by atoms with Gasteiger partial charge in [-0.15, -0.1) is 11.3 Å². The van der Waals surface area contributed by atoms with E-state index in [2.05, 4.69) is 15.3 Å². The van der Waals surface area contributed by atoms with Crippen molar-refractivity contribution in [2.45, 2.75) is 18.9 Å². The van der Waals surface area contributed by atoms with E-state index < -0.39 is 0 Å². The predicted molar refractivity (Wildman–Crippen MR) is 81.9 cm³/mol. The number of amides is 1. The van der Waals surface area contributed by atoms with Gasteiger partial charge in [-0.3, -0.25) is 9.59 Å². The van der Waals surface area contributed by atoms with E-state index in [1.165, 1.54) is 17.5 Å². The fourth-order valence-corrected chi connectivity index (χ4v) is 3.15. The van der Waals surface area contributed by atoms with E-state index >= 15 is 0 Å². The summed E-state index contributed by atoms with van der Waals surface area (Å²) < 4.78 is 0. The minimum Gasteiger partial charge on any atom is -0.350 e. The molecule has 2 aromatic rings. The zero-order valence-electron chi connectivity index (χ0n) is 11.4. The molecular formula is C14H16N4O2S. The van der Waals surface area contributed by atoms with Crippen molar-refractivity contribution in [1.82, 2.24) is 15.3 Å². The third kappa shape index (κ3) is 3.13. The van der Waals surface area contributed by atoms with E-state index in [9.17, 15) is 9.59 Å². The first-order valence-corrected chi connectivity index (χ1v) is 7.75. The molecule has 0 saturated carbocycles. The minimum atomic E-state index is -0.192. The molecule has 2 N–H and O–H groups in total. The van der Waals surface area contributed by atoms with Gasteiger partial charge in [0.05, 0.1) is 4.88 Å². The molecule has 1 aliphatic heterocycles. The lowest BCUT2D eigenvalue weighted by Crippen LogP contribution is -2.49. The van der Waals surface area contributed by atoms with Gasteiger partial charge in [0.2, 0.25) is 0 Å². The fraction of sp³-hybridized carbons (Fsp3) is 0.357. The molecule has 3 rings (SSSR count). The van der Waals surface area contributed by atoms with Crippen molar-refractivity contribution >= 4 is 23.1 Å². The second-order valence-corrected chi connectivity index (χ2v) is 5.93. The molecule has 1 amide bonds. The Morgan fingerprint density at radius 2 is 2.43 bits per heavy atom. The maximum Gasteiger partial charge on any atom is 0.290 e. The summed E-state index contributed by atoms with van der Waals surface area (Å²) in [6.07, 6.45) is 4.93. The molecule has 6 nitrogen and oxygen atoms in total. The molecule has 1 saturated heterocycles. The topological polar surface area (TPSA) is 78.1 Å². The van der Waals surface area contributed by atoms with Crippen LogP contribution in [0.1, 0.15) is 22.5 Å². The summed E-state index contributed by atoms with van der Waals surface area (Å²) in [5.74, 6) is 0.374. The van der Waals surface area contributed by atoms with Crippen LogP contribution in [0.5, 0.6) is 0 Å². The van der Waals surface area contributed by atoms with Gasteiger partial charge in [-0.2, -0.15) is 0 Å². The molecule has 0 unspecified atom stereocenters. The Morgan fingerprint density at radius 1 is 1.52 bits per heavy atom. The first-order valence-electron chi connectivity index (χ1n) is 6.87. The van der Waals surface area contributed by atoms with Crippen LogP contribution in [0.2, 0.25) is 0 Å². The second kappa shape index (κ2) is 6.09. The summed E-state index contributed by atoms with van der Waals surface area (Å²) in [4.78, 5) is 33.3. The standard InChI is InChI=1S/C14H16N4O2S/c19-13(11-4-2-8-21-11)17-10-3-1-7-18(9-10)12-14(20)16-6-5-15-12/h2,4-6,8,10H,1,3,7,9H2,(H,16,20)(H,17,19)/t10-/m1/s1. The van der Waals surface area contributed by atoms with Crippen LogP contribution in [-0.4, -0.2) is 35.0 Å². The molecule has 21 heavy (non-hydrogen) atoms. The summed E-state index contributed by atoms with van der Waals surface area (Å²) in [5.41, 5.74) is -0.192. The van der Waals surface area contributed by atoms with Crippen LogP contribution in [0.25, 0.3) is 0 Å². The lowest BCUT2D eigenvalue weighted by atomic mass is 10.1. The van der Waals surface area contributed by atoms with Crippen LogP contribution in [-0.2, 0) is 0 Å². The van der Waals surface area contributed by atoms with E-state index in [1.807, 2.05) is 22.4 Å². The Bertz CT molecular complexity index is 668. The van der Waals surface area contributed by atoms with Crippen LogP contribution >= 0.6 is 11.3 Å². The number of piperidine rings is 1. The highest BCUT2D eigenvalue weighted by molar-refractivity contribution is 7.12. The third-order valence-corrected chi connectivity index (χ3v) is 4.36. The molecule has 0 bridgehead atoms. The SMILES string of the molecule is O=C(N[C@@H]1CCCN(c2ncc[nH]c2=O)C1)c1cccs1. The molecule has 0 radical (unpaired) electrons. The van der Waals surface area contributed by atoms with Crippen LogP contribution in [0.15, 0.2) is 34.7 Å². The van der Waals surface area contributed by atoms with Gasteiger partial charge in [0.1, 0.15) is 0 Å². The number of hydrogen-bond donors (Lipinski definition) is 2. The average Bonchev–Trinajstić information content (AvgIpc) is 3.02. The Morgan fingerprint density at radius 3 is 3.19 bits per heavy atom. The predicted octanol–water partition coefficient (Wildman–Crippen LogP) is 1.23. The molecule has 0 aromatic carbocycles. The number of anilines is 1. The Hall–Kier alpha value is -2.15. The number of nitrogens with one attached hydrogen (secondary N) is 2. The second-order valence-electron chi connectivity index (χ2n) is 4.98. The van der Waals surface area contributed by atoms with Crippen molar-refractivity contribution in [2.75, 3.05) is 18.0 Å². The number of H-pyrrole nitrogens is 1. The zero-order valence-corrected chi connectivity index (χ0v) is 12.2. The third-order valence-electron chi connectivity index (χ3n) is 3.49. The molecule has 7 heteroatoms. The maximum atomic E-state index is 12.1. The highest BCUT2D eigenvalue weighted by atomic mass is 32.1. The first kappa shape index (κ1) is 13.8. The summed E-state index contributed by atoms with van der Waals surface area (Å²) in [5, 5.41) is 4.91. The molecule has 0 aliphatic carbocycles. The van der Waals surface area contributed by atoms with Crippen LogP contribution in [0.4, 0.5) is 5.82 Å². The monoisotopic (exact) mass is 304 g/mol. The van der Waals surface area contributed by atoms with E-state index in [4.69, 9.17) is 0 Å². The van der Waals surface area contributed by atoms with Crippen LogP contribution < -0.4 is 15.8 Å². The number of carbonyl (C=O) groups excluding carboxylic acids is 1. The summed E-state index contributed by atoms with van der Waals surface area (Å²) in [7, 11) is 0. The van der Waals surface area contributed by atoms with Crippen LogP contribution in [0, 0.1) is 0 Å². The molecule has 2 aromatic heterocycles. The number of nitrogens with zero attached hydrogens (tertiary/aromatic N) is 2. The number of carbonyl (C=O) groups is 1. The highest BCUT2D eigenvalue weighted by Crippen LogP contribution is 2.15. The van der Waals surface area contributed by atoms with Crippen molar-refractivity contribution < 1.29 is 4.79 Å². The number of rotatable bonds is 3. The van der Waals surface area contributed by atoms with E-state index in [1.54, 1.807) is 6.20 Å². The van der Waals surface area contributed by atoms with Gasteiger partial charge >= 0.3 is 0 Å². The molecule has 3 heterocycles. The normalized spacial score (nSPS) is 18.5. The first-order chi connectivity index (χ1) is 10.2. The average molecular weight is 304 g/mol. The van der Waals surface area contributed by atoms with Gasteiger partial charge in [-0.25, -0.2) is 4.98 Å². The molecular weight excluding hydrogens is 288 g/mol. The van der Waals surface area contributed by atoms with Crippen molar-refractivity contribution in [1.29, 1.82) is 0 Å². The molecule has 1 atom stereocenters. The van der Waals surface area contributed by atoms with Gasteiger partial charge in [0, 0.05) is 31.5 Å². The smallest absolute Gasteiger partial charge is 0.290 e. The molecule has 1 fully saturated rings. The van der Waals surface area contributed by atoms with Crippen LogP contribution in [0.3, 0.4) is 0 Å². The number of aromatic amines is 1. The van der Waals surface area contributed by atoms with Gasteiger partial charge in [-0.05, 0) is 24.3 Å². The van der Waals surface area contributed by atoms with Gasteiger partial charge in [0.15, 0.2) is 5.82 Å². The minimum absolute atomic E-state index is 0.0368. The quantitative estimate of drug-likeness (QED) is 0.894. The van der Waals surface area contributed by atoms with Gasteiger partial charge < -0.3 is 15.2 Å². The van der Waals surface area contributed by atoms with E-state index in [0.717, 1.165) is 19.4 Å². The number of thiophene rings is 1. The fourth-order valence-electron chi connectivity index (χ4n) is 2.52. The van der Waals surface area contributed by atoms with Gasteiger partial charge in [-0.1, -0.05) is 6.07 Å². The van der Waals surface area contributed by atoms with Crippen molar-refractivity contribution in [2.24, 2.45) is 0 Å². The molecule has 0 spiro atoms. The van der Waals surface area contributed by atoms with Gasteiger partial charge in [0.25, 0.3) is 11.5 Å². The summed E-state index contributed by atoms with van der Waals surface area (Å²) in [6, 6.07) is 3.71. The maximum absolute atomic E-state index is 12.1. The summed E-state index contributed by atoms with van der Waals surface area (Å²) in [6.45, 7) is 1.39. The Balaban J connectivity index is 1.68.